The maximum absolute atomic E-state index is 13.4. The lowest BCUT2D eigenvalue weighted by molar-refractivity contribution is 0.569. The standard InChI is InChI=1S/C13H15FN2/c1-9-4-11(9)7-16-8-12-5-10(6-15)2-3-13(12)14/h2-3,5,9,11,16H,4,7-8H2,1H3. The second kappa shape index (κ2) is 4.63. The van der Waals surface area contributed by atoms with Crippen molar-refractivity contribution in [1.29, 1.82) is 5.26 Å². The Bertz CT molecular complexity index is 422. The molecule has 3 heteroatoms. The van der Waals surface area contributed by atoms with Gasteiger partial charge < -0.3 is 5.32 Å². The molecule has 16 heavy (non-hydrogen) atoms. The molecule has 0 amide bonds. The zero-order valence-corrected chi connectivity index (χ0v) is 9.33. The van der Waals surface area contributed by atoms with Crippen LogP contribution in [0.4, 0.5) is 4.39 Å². The first-order valence-electron chi connectivity index (χ1n) is 5.60. The predicted molar refractivity (Wildman–Crippen MR) is 60.1 cm³/mol. The van der Waals surface area contributed by atoms with Crippen molar-refractivity contribution in [3.8, 4) is 6.07 Å². The highest BCUT2D eigenvalue weighted by Crippen LogP contribution is 2.36. The summed E-state index contributed by atoms with van der Waals surface area (Å²) in [5, 5.41) is 12.0. The number of benzene rings is 1. The molecule has 0 heterocycles. The fraction of sp³-hybridized carbons (Fsp3) is 0.462. The van der Waals surface area contributed by atoms with E-state index in [2.05, 4.69) is 12.2 Å². The summed E-state index contributed by atoms with van der Waals surface area (Å²) in [4.78, 5) is 0. The summed E-state index contributed by atoms with van der Waals surface area (Å²) in [5.74, 6) is 1.32. The lowest BCUT2D eigenvalue weighted by atomic mass is 10.1. The van der Waals surface area contributed by atoms with Gasteiger partial charge in [-0.05, 0) is 43.0 Å². The average Bonchev–Trinajstić information content (AvgIpc) is 2.97. The monoisotopic (exact) mass is 218 g/mol. The molecule has 2 atom stereocenters. The molecule has 0 spiro atoms. The number of hydrogen-bond acceptors (Lipinski definition) is 2. The zero-order valence-electron chi connectivity index (χ0n) is 9.33. The Morgan fingerprint density at radius 1 is 1.56 bits per heavy atom. The van der Waals surface area contributed by atoms with Crippen molar-refractivity contribution < 1.29 is 4.39 Å². The van der Waals surface area contributed by atoms with Gasteiger partial charge in [0.05, 0.1) is 11.6 Å². The minimum atomic E-state index is -0.240. The van der Waals surface area contributed by atoms with Crippen LogP contribution in [0.25, 0.3) is 0 Å². The van der Waals surface area contributed by atoms with E-state index in [1.165, 1.54) is 18.6 Å². The topological polar surface area (TPSA) is 35.8 Å². The summed E-state index contributed by atoms with van der Waals surface area (Å²) in [5.41, 5.74) is 1.09. The van der Waals surface area contributed by atoms with E-state index in [1.54, 1.807) is 6.07 Å². The SMILES string of the molecule is CC1CC1CNCc1cc(C#N)ccc1F. The molecule has 1 aromatic rings. The van der Waals surface area contributed by atoms with E-state index in [0.29, 0.717) is 17.7 Å². The lowest BCUT2D eigenvalue weighted by Gasteiger charge is -2.05. The van der Waals surface area contributed by atoms with Crippen LogP contribution >= 0.6 is 0 Å². The molecule has 0 saturated heterocycles. The molecule has 84 valence electrons. The van der Waals surface area contributed by atoms with Crippen LogP contribution in [0.3, 0.4) is 0 Å². The minimum absolute atomic E-state index is 0.240. The first kappa shape index (κ1) is 11.1. The fourth-order valence-electron chi connectivity index (χ4n) is 1.86. The summed E-state index contributed by atoms with van der Waals surface area (Å²) in [6.45, 7) is 3.67. The Morgan fingerprint density at radius 2 is 2.31 bits per heavy atom. The van der Waals surface area contributed by atoms with Crippen molar-refractivity contribution >= 4 is 0 Å². The minimum Gasteiger partial charge on any atom is -0.312 e. The van der Waals surface area contributed by atoms with E-state index in [1.807, 2.05) is 6.07 Å². The number of nitrogens with one attached hydrogen (secondary N) is 1. The van der Waals surface area contributed by atoms with E-state index in [-0.39, 0.29) is 5.82 Å². The first-order valence-corrected chi connectivity index (χ1v) is 5.60. The van der Waals surface area contributed by atoms with Crippen LogP contribution in [-0.2, 0) is 6.54 Å². The number of hydrogen-bond donors (Lipinski definition) is 1. The molecule has 0 aromatic heterocycles. The van der Waals surface area contributed by atoms with Gasteiger partial charge in [-0.1, -0.05) is 6.92 Å². The van der Waals surface area contributed by atoms with Crippen molar-refractivity contribution in [1.82, 2.24) is 5.32 Å². The van der Waals surface area contributed by atoms with Gasteiger partial charge in [0.1, 0.15) is 5.82 Å². The Labute approximate surface area is 95.1 Å². The second-order valence-electron chi connectivity index (χ2n) is 4.52. The molecular formula is C13H15FN2. The summed E-state index contributed by atoms with van der Waals surface area (Å²) >= 11 is 0. The molecule has 0 bridgehead atoms. The Balaban J connectivity index is 1.90. The highest BCUT2D eigenvalue weighted by atomic mass is 19.1. The molecule has 1 aromatic carbocycles. The van der Waals surface area contributed by atoms with E-state index >= 15 is 0 Å². The van der Waals surface area contributed by atoms with Crippen LogP contribution in [0.5, 0.6) is 0 Å². The smallest absolute Gasteiger partial charge is 0.127 e. The van der Waals surface area contributed by atoms with Crippen LogP contribution in [-0.4, -0.2) is 6.54 Å². The van der Waals surface area contributed by atoms with Crippen LogP contribution in [0.15, 0.2) is 18.2 Å². The molecule has 2 rings (SSSR count). The Kier molecular flexibility index (Phi) is 3.21. The molecule has 2 nitrogen and oxygen atoms in total. The van der Waals surface area contributed by atoms with Gasteiger partial charge in [-0.2, -0.15) is 5.26 Å². The van der Waals surface area contributed by atoms with Gasteiger partial charge in [0.2, 0.25) is 0 Å². The number of nitrogens with zero attached hydrogens (tertiary/aromatic N) is 1. The van der Waals surface area contributed by atoms with Gasteiger partial charge in [-0.25, -0.2) is 4.39 Å². The van der Waals surface area contributed by atoms with Crippen molar-refractivity contribution in [3.63, 3.8) is 0 Å². The van der Waals surface area contributed by atoms with Crippen LogP contribution < -0.4 is 5.32 Å². The van der Waals surface area contributed by atoms with Crippen LogP contribution in [0, 0.1) is 29.0 Å². The molecule has 0 radical (unpaired) electrons. The van der Waals surface area contributed by atoms with Gasteiger partial charge in [-0.15, -0.1) is 0 Å². The Morgan fingerprint density at radius 3 is 2.94 bits per heavy atom. The first-order chi connectivity index (χ1) is 7.70. The highest BCUT2D eigenvalue weighted by Gasteiger charge is 2.31. The maximum Gasteiger partial charge on any atom is 0.127 e. The van der Waals surface area contributed by atoms with Gasteiger partial charge >= 0.3 is 0 Å². The van der Waals surface area contributed by atoms with Gasteiger partial charge in [0.15, 0.2) is 0 Å². The van der Waals surface area contributed by atoms with E-state index in [4.69, 9.17) is 5.26 Å². The second-order valence-corrected chi connectivity index (χ2v) is 4.52. The molecule has 1 aliphatic rings. The van der Waals surface area contributed by atoms with Crippen molar-refractivity contribution in [3.05, 3.63) is 35.1 Å². The Hall–Kier alpha value is -1.40. The molecular weight excluding hydrogens is 203 g/mol. The third-order valence-corrected chi connectivity index (χ3v) is 3.17. The molecule has 1 aliphatic carbocycles. The summed E-state index contributed by atoms with van der Waals surface area (Å²) < 4.78 is 13.4. The third-order valence-electron chi connectivity index (χ3n) is 3.17. The van der Waals surface area contributed by atoms with E-state index < -0.39 is 0 Å². The molecule has 2 unspecified atom stereocenters. The largest absolute Gasteiger partial charge is 0.312 e. The summed E-state index contributed by atoms with van der Waals surface area (Å²) in [6, 6.07) is 6.49. The van der Waals surface area contributed by atoms with E-state index in [0.717, 1.165) is 18.4 Å². The third kappa shape index (κ3) is 2.59. The maximum atomic E-state index is 13.4. The predicted octanol–water partition coefficient (Wildman–Crippen LogP) is 2.44. The van der Waals surface area contributed by atoms with Gasteiger partial charge in [0.25, 0.3) is 0 Å². The number of rotatable bonds is 4. The van der Waals surface area contributed by atoms with Crippen LogP contribution in [0.1, 0.15) is 24.5 Å². The van der Waals surface area contributed by atoms with Gasteiger partial charge in [-0.3, -0.25) is 0 Å². The summed E-state index contributed by atoms with van der Waals surface area (Å²) in [7, 11) is 0. The lowest BCUT2D eigenvalue weighted by Crippen LogP contribution is -2.17. The van der Waals surface area contributed by atoms with Gasteiger partial charge in [0, 0.05) is 12.1 Å². The van der Waals surface area contributed by atoms with E-state index in [9.17, 15) is 4.39 Å². The average molecular weight is 218 g/mol. The van der Waals surface area contributed by atoms with Crippen molar-refractivity contribution in [2.24, 2.45) is 11.8 Å². The number of halogens is 1. The van der Waals surface area contributed by atoms with Crippen molar-refractivity contribution in [2.75, 3.05) is 6.54 Å². The summed E-state index contributed by atoms with van der Waals surface area (Å²) in [6.07, 6.45) is 1.27. The normalized spacial score (nSPS) is 22.8. The molecule has 1 saturated carbocycles. The number of nitriles is 1. The van der Waals surface area contributed by atoms with Crippen LogP contribution in [0.2, 0.25) is 0 Å². The quantitative estimate of drug-likeness (QED) is 0.842. The fourth-order valence-corrected chi connectivity index (χ4v) is 1.86. The van der Waals surface area contributed by atoms with Crippen molar-refractivity contribution in [2.45, 2.75) is 19.9 Å². The highest BCUT2D eigenvalue weighted by molar-refractivity contribution is 5.33. The molecule has 1 N–H and O–H groups in total. The zero-order chi connectivity index (χ0) is 11.5. The molecule has 1 fully saturated rings. The molecule has 0 aliphatic heterocycles.